The largest absolute Gasteiger partial charge is 0.502 e. The maximum atomic E-state index is 14.2. The highest BCUT2D eigenvalue weighted by Gasteiger charge is 2.48. The first-order valence-electron chi connectivity index (χ1n) is 10.1. The lowest BCUT2D eigenvalue weighted by Crippen LogP contribution is -2.50. The molecule has 2 aromatic carbocycles. The van der Waals surface area contributed by atoms with E-state index in [9.17, 15) is 23.5 Å². The van der Waals surface area contributed by atoms with Gasteiger partial charge in [-0.25, -0.2) is 8.78 Å². The van der Waals surface area contributed by atoms with Gasteiger partial charge in [0, 0.05) is 12.5 Å². The molecule has 2 aliphatic heterocycles. The van der Waals surface area contributed by atoms with Crippen LogP contribution in [0.4, 0.5) is 8.78 Å². The second-order valence-electron chi connectivity index (χ2n) is 7.91. The van der Waals surface area contributed by atoms with E-state index in [0.717, 1.165) is 30.3 Å². The van der Waals surface area contributed by atoms with Crippen LogP contribution in [0.5, 0.6) is 5.75 Å². The summed E-state index contributed by atoms with van der Waals surface area (Å²) in [6.45, 7) is 0.488. The fourth-order valence-corrected chi connectivity index (χ4v) is 4.90. The minimum absolute atomic E-state index is 0.167. The highest BCUT2D eigenvalue weighted by molar-refractivity contribution is 5.96. The first-order valence-corrected chi connectivity index (χ1v) is 10.1. The Hall–Kier alpha value is -3.55. The van der Waals surface area contributed by atoms with Crippen molar-refractivity contribution < 1.29 is 18.7 Å². The number of hydrogen-bond donors (Lipinski definition) is 1. The van der Waals surface area contributed by atoms with Crippen molar-refractivity contribution in [1.29, 1.82) is 0 Å². The van der Waals surface area contributed by atoms with Gasteiger partial charge in [-0.15, -0.1) is 0 Å². The second-order valence-corrected chi connectivity index (χ2v) is 7.91. The average Bonchev–Trinajstić information content (AvgIpc) is 3.26. The summed E-state index contributed by atoms with van der Waals surface area (Å²) in [5.41, 5.74) is 0.437. The van der Waals surface area contributed by atoms with E-state index in [1.54, 1.807) is 4.90 Å². The van der Waals surface area contributed by atoms with Crippen molar-refractivity contribution in [1.82, 2.24) is 14.7 Å². The van der Waals surface area contributed by atoms with Gasteiger partial charge in [-0.2, -0.15) is 5.10 Å². The number of fused-ring (bicyclic) bond motifs is 2. The van der Waals surface area contributed by atoms with Crippen LogP contribution in [0.2, 0.25) is 0 Å². The summed E-state index contributed by atoms with van der Waals surface area (Å²) in [6.07, 6.45) is 2.43. The molecule has 6 nitrogen and oxygen atoms in total. The van der Waals surface area contributed by atoms with Gasteiger partial charge in [0.05, 0.1) is 18.3 Å². The molecule has 0 bridgehead atoms. The summed E-state index contributed by atoms with van der Waals surface area (Å²) in [4.78, 5) is 26.8. The lowest BCUT2D eigenvalue weighted by atomic mass is 9.80. The van der Waals surface area contributed by atoms with E-state index < -0.39 is 40.7 Å². The number of aromatic hydroxyl groups is 1. The van der Waals surface area contributed by atoms with Gasteiger partial charge in [-0.3, -0.25) is 14.3 Å². The number of benzene rings is 2. The number of carbonyl (C=O) groups is 1. The molecule has 1 saturated heterocycles. The van der Waals surface area contributed by atoms with Crippen LogP contribution in [-0.2, 0) is 0 Å². The molecule has 3 aromatic rings. The zero-order chi connectivity index (χ0) is 21.7. The van der Waals surface area contributed by atoms with Crippen molar-refractivity contribution in [3.63, 3.8) is 0 Å². The summed E-state index contributed by atoms with van der Waals surface area (Å²) in [6, 6.07) is 12.3. The van der Waals surface area contributed by atoms with Crippen LogP contribution in [0.1, 0.15) is 46.4 Å². The normalized spacial score (nSPS) is 21.0. The highest BCUT2D eigenvalue weighted by Crippen LogP contribution is 2.45. The van der Waals surface area contributed by atoms with Gasteiger partial charge >= 0.3 is 0 Å². The van der Waals surface area contributed by atoms with Gasteiger partial charge in [0.25, 0.3) is 5.91 Å². The van der Waals surface area contributed by atoms with E-state index in [1.807, 2.05) is 30.3 Å². The molecule has 0 aliphatic carbocycles. The minimum atomic E-state index is -0.968. The van der Waals surface area contributed by atoms with Crippen molar-refractivity contribution in [3.8, 4) is 5.75 Å². The lowest BCUT2D eigenvalue weighted by Gasteiger charge is -2.42. The molecular formula is C23H19F2N3O3. The first kappa shape index (κ1) is 19.4. The summed E-state index contributed by atoms with van der Waals surface area (Å²) < 4.78 is 29.3. The van der Waals surface area contributed by atoms with Gasteiger partial charge in [-0.1, -0.05) is 36.4 Å². The van der Waals surface area contributed by atoms with Crippen LogP contribution in [0.15, 0.2) is 59.5 Å². The zero-order valence-corrected chi connectivity index (χ0v) is 16.4. The molecule has 2 aliphatic rings. The van der Waals surface area contributed by atoms with Crippen LogP contribution in [0.3, 0.4) is 0 Å². The molecule has 3 heterocycles. The summed E-state index contributed by atoms with van der Waals surface area (Å²) in [5, 5.41) is 14.6. The van der Waals surface area contributed by atoms with Crippen LogP contribution < -0.4 is 5.43 Å². The Kier molecular flexibility index (Phi) is 4.57. The Morgan fingerprint density at radius 3 is 2.55 bits per heavy atom. The lowest BCUT2D eigenvalue weighted by molar-refractivity contribution is 0.0565. The van der Waals surface area contributed by atoms with E-state index in [-0.39, 0.29) is 11.7 Å². The van der Waals surface area contributed by atoms with E-state index in [0.29, 0.717) is 18.5 Å². The molecule has 0 spiro atoms. The number of amides is 1. The predicted octanol–water partition coefficient (Wildman–Crippen LogP) is 3.22. The van der Waals surface area contributed by atoms with Crippen LogP contribution in [0.25, 0.3) is 0 Å². The van der Waals surface area contributed by atoms with Crippen LogP contribution in [0, 0.1) is 11.6 Å². The summed E-state index contributed by atoms with van der Waals surface area (Å²) >= 11 is 0. The Balaban J connectivity index is 1.78. The van der Waals surface area contributed by atoms with Gasteiger partial charge in [0.15, 0.2) is 23.1 Å². The van der Waals surface area contributed by atoms with E-state index in [4.69, 9.17) is 0 Å². The molecule has 1 fully saturated rings. The third kappa shape index (κ3) is 3.01. The number of rotatable bonds is 3. The van der Waals surface area contributed by atoms with E-state index >= 15 is 0 Å². The number of hydrogen-bond acceptors (Lipinski definition) is 4. The van der Waals surface area contributed by atoms with E-state index in [1.165, 1.54) is 10.7 Å². The molecule has 3 atom stereocenters. The van der Waals surface area contributed by atoms with E-state index in [2.05, 4.69) is 5.10 Å². The summed E-state index contributed by atoms with van der Waals surface area (Å²) in [7, 11) is 0. The van der Waals surface area contributed by atoms with Crippen LogP contribution in [-0.4, -0.2) is 38.3 Å². The SMILES string of the molecule is O=C1c2c(O)c(=O)cnn2[C@@H]([C@H](c2ccccc2)c2ccc(F)c(F)c2)[C@H]2CCCN12. The number of carbonyl (C=O) groups excluding carboxylic acids is 1. The van der Waals surface area contributed by atoms with Crippen molar-refractivity contribution in [2.45, 2.75) is 30.8 Å². The van der Waals surface area contributed by atoms with Gasteiger partial charge in [0.1, 0.15) is 0 Å². The molecule has 1 aromatic heterocycles. The molecule has 0 unspecified atom stereocenters. The molecular weight excluding hydrogens is 404 g/mol. The number of nitrogens with zero attached hydrogens (tertiary/aromatic N) is 3. The maximum absolute atomic E-state index is 14.2. The standard InChI is InChI=1S/C23H19F2N3O3/c24-15-9-8-14(11-16(15)25)19(13-5-2-1-3-6-13)20-17-7-4-10-27(17)23(31)21-22(30)18(29)12-26-28(20)21/h1-3,5-6,8-9,11-12,17,19-20,30H,4,7,10H2/t17-,19-,20-/m1/s1. The Morgan fingerprint density at radius 2 is 1.81 bits per heavy atom. The zero-order valence-electron chi connectivity index (χ0n) is 16.4. The van der Waals surface area contributed by atoms with Crippen molar-refractivity contribution in [2.24, 2.45) is 0 Å². The van der Waals surface area contributed by atoms with Crippen LogP contribution >= 0.6 is 0 Å². The Bertz CT molecular complexity index is 1230. The monoisotopic (exact) mass is 423 g/mol. The Labute approximate surface area is 176 Å². The van der Waals surface area contributed by atoms with Crippen molar-refractivity contribution in [3.05, 3.63) is 93.4 Å². The topological polar surface area (TPSA) is 75.4 Å². The molecule has 8 heteroatoms. The van der Waals surface area contributed by atoms with Gasteiger partial charge in [0.2, 0.25) is 5.43 Å². The molecule has 1 N–H and O–H groups in total. The first-order chi connectivity index (χ1) is 15.0. The van der Waals surface area contributed by atoms with Crippen molar-refractivity contribution in [2.75, 3.05) is 6.54 Å². The molecule has 0 saturated carbocycles. The molecule has 1 amide bonds. The second kappa shape index (κ2) is 7.30. The highest BCUT2D eigenvalue weighted by atomic mass is 19.2. The smallest absolute Gasteiger partial charge is 0.276 e. The average molecular weight is 423 g/mol. The minimum Gasteiger partial charge on any atom is -0.502 e. The number of aromatic nitrogens is 2. The summed E-state index contributed by atoms with van der Waals surface area (Å²) in [5.74, 6) is -3.50. The quantitative estimate of drug-likeness (QED) is 0.702. The molecule has 158 valence electrons. The third-order valence-electron chi connectivity index (χ3n) is 6.23. The predicted molar refractivity (Wildman–Crippen MR) is 108 cm³/mol. The Morgan fingerprint density at radius 1 is 1.03 bits per heavy atom. The third-order valence-corrected chi connectivity index (χ3v) is 6.23. The van der Waals surface area contributed by atoms with Crippen molar-refractivity contribution >= 4 is 5.91 Å². The maximum Gasteiger partial charge on any atom is 0.276 e. The fraction of sp³-hybridized carbons (Fsp3) is 0.261. The number of halogens is 2. The van der Waals surface area contributed by atoms with Gasteiger partial charge < -0.3 is 10.0 Å². The molecule has 5 rings (SSSR count). The van der Waals surface area contributed by atoms with Gasteiger partial charge in [-0.05, 0) is 36.1 Å². The fourth-order valence-electron chi connectivity index (χ4n) is 4.90. The molecule has 31 heavy (non-hydrogen) atoms. The molecule has 0 radical (unpaired) electrons.